The molecule has 0 unspecified atom stereocenters. The molecule has 1 aromatic carbocycles. The normalized spacial score (nSPS) is 13.0. The Kier molecular flexibility index (Phi) is 3.09. The molecule has 66 valence electrons. The molecule has 4 N–H and O–H groups in total. The third-order valence-electron chi connectivity index (χ3n) is 1.88. The predicted octanol–water partition coefficient (Wildman–Crippen LogP) is 1.61. The maximum atomic E-state index is 5.92. The van der Waals surface area contributed by atoms with E-state index in [1.807, 2.05) is 25.1 Å². The Hall–Kier alpha value is -0.570. The Morgan fingerprint density at radius 3 is 2.67 bits per heavy atom. The highest BCUT2D eigenvalue weighted by molar-refractivity contribution is 6.31. The Labute approximate surface area is 77.5 Å². The van der Waals surface area contributed by atoms with Gasteiger partial charge >= 0.3 is 0 Å². The fourth-order valence-corrected chi connectivity index (χ4v) is 1.16. The van der Waals surface area contributed by atoms with Crippen molar-refractivity contribution in [1.29, 1.82) is 0 Å². The van der Waals surface area contributed by atoms with Crippen LogP contribution in [0.1, 0.15) is 17.2 Å². The minimum Gasteiger partial charge on any atom is -0.329 e. The molecule has 0 saturated heterocycles. The van der Waals surface area contributed by atoms with E-state index in [1.165, 1.54) is 0 Å². The predicted molar refractivity (Wildman–Crippen MR) is 52.2 cm³/mol. The summed E-state index contributed by atoms with van der Waals surface area (Å²) >= 11 is 5.92. The standard InChI is InChI=1S/C9H13ClN2/c1-6-2-3-7(4-8(6)10)9(12)5-11/h2-4,9H,5,11-12H2,1H3/t9-/m0/s1. The molecule has 0 amide bonds. The fourth-order valence-electron chi connectivity index (χ4n) is 0.976. The largest absolute Gasteiger partial charge is 0.329 e. The van der Waals surface area contributed by atoms with Crippen LogP contribution >= 0.6 is 11.6 Å². The van der Waals surface area contributed by atoms with Gasteiger partial charge in [-0.25, -0.2) is 0 Å². The van der Waals surface area contributed by atoms with Crippen LogP contribution in [0.4, 0.5) is 0 Å². The van der Waals surface area contributed by atoms with Crippen molar-refractivity contribution in [3.63, 3.8) is 0 Å². The van der Waals surface area contributed by atoms with Gasteiger partial charge in [-0.05, 0) is 24.1 Å². The van der Waals surface area contributed by atoms with Gasteiger partial charge in [0.05, 0.1) is 0 Å². The molecular weight excluding hydrogens is 172 g/mol. The number of hydrogen-bond acceptors (Lipinski definition) is 2. The lowest BCUT2D eigenvalue weighted by Gasteiger charge is -2.09. The molecule has 0 heterocycles. The van der Waals surface area contributed by atoms with E-state index in [4.69, 9.17) is 23.1 Å². The summed E-state index contributed by atoms with van der Waals surface area (Å²) in [6.45, 7) is 2.40. The molecular formula is C9H13ClN2. The van der Waals surface area contributed by atoms with Crippen molar-refractivity contribution in [3.05, 3.63) is 34.3 Å². The zero-order chi connectivity index (χ0) is 9.14. The van der Waals surface area contributed by atoms with Crippen LogP contribution in [0.2, 0.25) is 5.02 Å². The molecule has 0 aliphatic carbocycles. The maximum Gasteiger partial charge on any atom is 0.0438 e. The number of halogens is 1. The van der Waals surface area contributed by atoms with Crippen molar-refractivity contribution in [2.24, 2.45) is 11.5 Å². The third kappa shape index (κ3) is 1.97. The molecule has 0 spiro atoms. The average molecular weight is 185 g/mol. The van der Waals surface area contributed by atoms with Gasteiger partial charge in [0.1, 0.15) is 0 Å². The Bertz CT molecular complexity index is 273. The number of rotatable bonds is 2. The molecule has 2 nitrogen and oxygen atoms in total. The monoisotopic (exact) mass is 184 g/mol. The molecule has 1 rings (SSSR count). The van der Waals surface area contributed by atoms with Crippen LogP contribution in [-0.4, -0.2) is 6.54 Å². The van der Waals surface area contributed by atoms with Gasteiger partial charge in [0.25, 0.3) is 0 Å². The van der Waals surface area contributed by atoms with E-state index in [0.29, 0.717) is 6.54 Å². The minimum atomic E-state index is -0.108. The molecule has 3 heteroatoms. The summed E-state index contributed by atoms with van der Waals surface area (Å²) in [6.07, 6.45) is 0. The molecule has 0 bridgehead atoms. The summed E-state index contributed by atoms with van der Waals surface area (Å²) in [7, 11) is 0. The Morgan fingerprint density at radius 2 is 2.17 bits per heavy atom. The van der Waals surface area contributed by atoms with Crippen molar-refractivity contribution in [3.8, 4) is 0 Å². The van der Waals surface area contributed by atoms with E-state index < -0.39 is 0 Å². The summed E-state index contributed by atoms with van der Waals surface area (Å²) in [5, 5.41) is 0.747. The van der Waals surface area contributed by atoms with Crippen LogP contribution in [0.3, 0.4) is 0 Å². The van der Waals surface area contributed by atoms with Crippen LogP contribution < -0.4 is 11.5 Å². The van der Waals surface area contributed by atoms with E-state index in [0.717, 1.165) is 16.1 Å². The molecule has 1 atom stereocenters. The zero-order valence-electron chi connectivity index (χ0n) is 7.05. The van der Waals surface area contributed by atoms with Gasteiger partial charge in [-0.15, -0.1) is 0 Å². The van der Waals surface area contributed by atoms with E-state index in [1.54, 1.807) is 0 Å². The SMILES string of the molecule is Cc1ccc([C@@H](N)CN)cc1Cl. The molecule has 0 saturated carbocycles. The number of nitrogens with two attached hydrogens (primary N) is 2. The van der Waals surface area contributed by atoms with Gasteiger partial charge in [-0.1, -0.05) is 23.7 Å². The molecule has 0 aromatic heterocycles. The molecule has 1 aromatic rings. The highest BCUT2D eigenvalue weighted by Gasteiger charge is 2.04. The summed E-state index contributed by atoms with van der Waals surface area (Å²) in [5.41, 5.74) is 13.2. The van der Waals surface area contributed by atoms with Gasteiger partial charge in [-0.3, -0.25) is 0 Å². The van der Waals surface area contributed by atoms with Gasteiger partial charge in [-0.2, -0.15) is 0 Å². The Balaban J connectivity index is 2.96. The number of benzene rings is 1. The third-order valence-corrected chi connectivity index (χ3v) is 2.29. The number of aryl methyl sites for hydroxylation is 1. The second-order valence-electron chi connectivity index (χ2n) is 2.85. The van der Waals surface area contributed by atoms with Crippen LogP contribution in [0, 0.1) is 6.92 Å². The van der Waals surface area contributed by atoms with Crippen molar-refractivity contribution < 1.29 is 0 Å². The van der Waals surface area contributed by atoms with Crippen molar-refractivity contribution >= 4 is 11.6 Å². The highest BCUT2D eigenvalue weighted by atomic mass is 35.5. The van der Waals surface area contributed by atoms with E-state index in [-0.39, 0.29) is 6.04 Å². The molecule has 0 radical (unpaired) electrons. The Morgan fingerprint density at radius 1 is 1.50 bits per heavy atom. The lowest BCUT2D eigenvalue weighted by atomic mass is 10.1. The average Bonchev–Trinajstić information content (AvgIpc) is 2.08. The van der Waals surface area contributed by atoms with Crippen LogP contribution in [0.15, 0.2) is 18.2 Å². The molecule has 12 heavy (non-hydrogen) atoms. The van der Waals surface area contributed by atoms with E-state index in [2.05, 4.69) is 0 Å². The smallest absolute Gasteiger partial charge is 0.0438 e. The van der Waals surface area contributed by atoms with Crippen LogP contribution in [-0.2, 0) is 0 Å². The van der Waals surface area contributed by atoms with Gasteiger partial charge < -0.3 is 11.5 Å². The lowest BCUT2D eigenvalue weighted by molar-refractivity contribution is 0.737. The highest BCUT2D eigenvalue weighted by Crippen LogP contribution is 2.19. The summed E-state index contributed by atoms with van der Waals surface area (Å²) < 4.78 is 0. The molecule has 0 aliphatic rings. The fraction of sp³-hybridized carbons (Fsp3) is 0.333. The topological polar surface area (TPSA) is 52.0 Å². The number of hydrogen-bond donors (Lipinski definition) is 2. The van der Waals surface area contributed by atoms with Crippen molar-refractivity contribution in [1.82, 2.24) is 0 Å². The van der Waals surface area contributed by atoms with Gasteiger partial charge in [0, 0.05) is 17.6 Å². The first-order chi connectivity index (χ1) is 5.65. The van der Waals surface area contributed by atoms with Crippen molar-refractivity contribution in [2.45, 2.75) is 13.0 Å². The first-order valence-electron chi connectivity index (χ1n) is 3.87. The van der Waals surface area contributed by atoms with Crippen molar-refractivity contribution in [2.75, 3.05) is 6.54 Å². The molecule has 0 aliphatic heterocycles. The van der Waals surface area contributed by atoms with Crippen LogP contribution in [0.25, 0.3) is 0 Å². The first kappa shape index (κ1) is 9.52. The second kappa shape index (κ2) is 3.90. The maximum absolute atomic E-state index is 5.92. The second-order valence-corrected chi connectivity index (χ2v) is 3.26. The molecule has 0 fully saturated rings. The van der Waals surface area contributed by atoms with Gasteiger partial charge in [0.2, 0.25) is 0 Å². The minimum absolute atomic E-state index is 0.108. The first-order valence-corrected chi connectivity index (χ1v) is 4.24. The quantitative estimate of drug-likeness (QED) is 0.734. The summed E-state index contributed by atoms with van der Waals surface area (Å²) in [6, 6.07) is 5.67. The summed E-state index contributed by atoms with van der Waals surface area (Å²) in [5.74, 6) is 0. The van der Waals surface area contributed by atoms with E-state index >= 15 is 0 Å². The van der Waals surface area contributed by atoms with Gasteiger partial charge in [0.15, 0.2) is 0 Å². The zero-order valence-corrected chi connectivity index (χ0v) is 7.81. The van der Waals surface area contributed by atoms with Crippen LogP contribution in [0.5, 0.6) is 0 Å². The lowest BCUT2D eigenvalue weighted by Crippen LogP contribution is -2.20. The summed E-state index contributed by atoms with van der Waals surface area (Å²) in [4.78, 5) is 0. The van der Waals surface area contributed by atoms with E-state index in [9.17, 15) is 0 Å².